The lowest BCUT2D eigenvalue weighted by Gasteiger charge is -2.12. The first-order valence-corrected chi connectivity index (χ1v) is 10.6. The summed E-state index contributed by atoms with van der Waals surface area (Å²) in [6, 6.07) is 10.1. The van der Waals surface area contributed by atoms with E-state index in [9.17, 15) is 14.4 Å². The smallest absolute Gasteiger partial charge is 0.279 e. The van der Waals surface area contributed by atoms with Crippen LogP contribution in [0, 0.1) is 0 Å². The van der Waals surface area contributed by atoms with Gasteiger partial charge >= 0.3 is 0 Å². The normalized spacial score (nSPS) is 15.2. The molecule has 0 spiro atoms. The monoisotopic (exact) mass is 459 g/mol. The number of carbonyl (C=O) groups is 2. The summed E-state index contributed by atoms with van der Waals surface area (Å²) >= 11 is 0. The lowest BCUT2D eigenvalue weighted by molar-refractivity contribution is -0.119. The average molecular weight is 459 g/mol. The minimum atomic E-state index is -0.405. The van der Waals surface area contributed by atoms with E-state index in [0.717, 1.165) is 0 Å². The third-order valence-electron chi connectivity index (χ3n) is 5.39. The highest BCUT2D eigenvalue weighted by atomic mass is 16.2. The molecule has 1 fully saturated rings. The SMILES string of the molecule is CNc1cc(Nc2cccn(-c3ccccn3)c2=O)nn2c(C(=O)NC3CNC(=O)C3)cnc12. The summed E-state index contributed by atoms with van der Waals surface area (Å²) in [5.41, 5.74) is 1.22. The second-order valence-electron chi connectivity index (χ2n) is 7.66. The van der Waals surface area contributed by atoms with Crippen molar-refractivity contribution in [3.05, 3.63) is 71.0 Å². The van der Waals surface area contributed by atoms with Crippen LogP contribution in [-0.2, 0) is 4.79 Å². The Kier molecular flexibility index (Phi) is 5.38. The summed E-state index contributed by atoms with van der Waals surface area (Å²) in [5.74, 6) is 0.309. The molecular weight excluding hydrogens is 438 g/mol. The van der Waals surface area contributed by atoms with Crippen molar-refractivity contribution in [2.75, 3.05) is 24.2 Å². The zero-order valence-electron chi connectivity index (χ0n) is 18.1. The van der Waals surface area contributed by atoms with Crippen molar-refractivity contribution in [2.45, 2.75) is 12.5 Å². The lowest BCUT2D eigenvalue weighted by Crippen LogP contribution is -2.36. The predicted molar refractivity (Wildman–Crippen MR) is 125 cm³/mol. The Labute approximate surface area is 193 Å². The van der Waals surface area contributed by atoms with Gasteiger partial charge in [-0.3, -0.25) is 19.0 Å². The van der Waals surface area contributed by atoms with Crippen LogP contribution in [0.3, 0.4) is 0 Å². The highest BCUT2D eigenvalue weighted by molar-refractivity contribution is 5.95. The van der Waals surface area contributed by atoms with E-state index in [0.29, 0.717) is 29.5 Å². The number of carbonyl (C=O) groups excluding carboxylic acids is 2. The molecule has 172 valence electrons. The molecule has 4 N–H and O–H groups in total. The van der Waals surface area contributed by atoms with Crippen molar-refractivity contribution >= 4 is 34.7 Å². The number of aromatic nitrogens is 5. The first-order chi connectivity index (χ1) is 16.5. The summed E-state index contributed by atoms with van der Waals surface area (Å²) in [7, 11) is 1.72. The van der Waals surface area contributed by atoms with E-state index in [-0.39, 0.29) is 35.3 Å². The Balaban J connectivity index is 1.49. The number of hydrogen-bond donors (Lipinski definition) is 4. The van der Waals surface area contributed by atoms with Gasteiger partial charge < -0.3 is 21.3 Å². The van der Waals surface area contributed by atoms with Gasteiger partial charge in [0.1, 0.15) is 11.5 Å². The van der Waals surface area contributed by atoms with Crippen LogP contribution in [0.15, 0.2) is 59.8 Å². The Morgan fingerprint density at radius 2 is 2.03 bits per heavy atom. The number of rotatable bonds is 6. The van der Waals surface area contributed by atoms with Crippen LogP contribution in [0.2, 0.25) is 0 Å². The number of fused-ring (bicyclic) bond motifs is 1. The molecule has 4 aromatic heterocycles. The van der Waals surface area contributed by atoms with Crippen molar-refractivity contribution in [2.24, 2.45) is 0 Å². The summed E-state index contributed by atoms with van der Waals surface area (Å²) in [5, 5.41) is 16.1. The van der Waals surface area contributed by atoms with Gasteiger partial charge in [-0.15, -0.1) is 5.10 Å². The first kappa shape index (κ1) is 21.1. The van der Waals surface area contributed by atoms with E-state index in [1.807, 2.05) is 0 Å². The van der Waals surface area contributed by atoms with Crippen LogP contribution in [0.1, 0.15) is 16.9 Å². The molecule has 0 aliphatic carbocycles. The van der Waals surface area contributed by atoms with Crippen LogP contribution >= 0.6 is 0 Å². The number of anilines is 3. The molecule has 0 saturated carbocycles. The zero-order valence-corrected chi connectivity index (χ0v) is 18.1. The van der Waals surface area contributed by atoms with Crippen molar-refractivity contribution in [3.8, 4) is 5.82 Å². The molecule has 34 heavy (non-hydrogen) atoms. The number of nitrogens with one attached hydrogen (secondary N) is 4. The molecule has 1 atom stereocenters. The standard InChI is InChI=1S/C22H21N9O3/c1-23-15-10-17(28-14-5-4-8-30(22(14)34)18-6-2-3-7-24-18)29-31-16(12-26-20(15)31)21(33)27-13-9-19(32)25-11-13/h2-8,10,12-13,23H,9,11H2,1H3,(H,25,32)(H,27,33)(H,28,29). The van der Waals surface area contributed by atoms with Crippen molar-refractivity contribution in [3.63, 3.8) is 0 Å². The molecule has 1 unspecified atom stereocenters. The fourth-order valence-corrected chi connectivity index (χ4v) is 3.74. The molecule has 1 saturated heterocycles. The fourth-order valence-electron chi connectivity index (χ4n) is 3.74. The zero-order chi connectivity index (χ0) is 23.7. The second kappa shape index (κ2) is 8.65. The molecular formula is C22H21N9O3. The lowest BCUT2D eigenvalue weighted by atomic mass is 10.2. The maximum atomic E-state index is 13.0. The largest absolute Gasteiger partial charge is 0.385 e. The third-order valence-corrected chi connectivity index (χ3v) is 5.39. The van der Waals surface area contributed by atoms with Crippen molar-refractivity contribution < 1.29 is 9.59 Å². The molecule has 0 radical (unpaired) electrons. The molecule has 12 heteroatoms. The van der Waals surface area contributed by atoms with E-state index < -0.39 is 5.91 Å². The molecule has 12 nitrogen and oxygen atoms in total. The molecule has 0 bridgehead atoms. The van der Waals surface area contributed by atoms with E-state index in [1.54, 1.807) is 55.8 Å². The summed E-state index contributed by atoms with van der Waals surface area (Å²) in [6.45, 7) is 0.375. The average Bonchev–Trinajstić information content (AvgIpc) is 3.46. The summed E-state index contributed by atoms with van der Waals surface area (Å²) in [6.07, 6.45) is 4.89. The van der Waals surface area contributed by atoms with Gasteiger partial charge in [0.2, 0.25) is 5.91 Å². The Bertz CT molecular complexity index is 1450. The molecule has 1 aliphatic rings. The van der Waals surface area contributed by atoms with Crippen molar-refractivity contribution in [1.82, 2.24) is 34.8 Å². The van der Waals surface area contributed by atoms with Crippen LogP contribution in [0.5, 0.6) is 0 Å². The number of nitrogens with zero attached hydrogens (tertiary/aromatic N) is 5. The van der Waals surface area contributed by atoms with E-state index in [1.165, 1.54) is 15.3 Å². The summed E-state index contributed by atoms with van der Waals surface area (Å²) < 4.78 is 2.82. The van der Waals surface area contributed by atoms with Gasteiger partial charge in [0.05, 0.1) is 17.9 Å². The van der Waals surface area contributed by atoms with Gasteiger partial charge in [-0.1, -0.05) is 6.07 Å². The Morgan fingerprint density at radius 1 is 1.15 bits per heavy atom. The molecule has 4 aromatic rings. The van der Waals surface area contributed by atoms with E-state index >= 15 is 0 Å². The second-order valence-corrected chi connectivity index (χ2v) is 7.66. The highest BCUT2D eigenvalue weighted by Crippen LogP contribution is 2.22. The van der Waals surface area contributed by atoms with E-state index in [2.05, 4.69) is 36.3 Å². The number of pyridine rings is 2. The third kappa shape index (κ3) is 3.92. The maximum absolute atomic E-state index is 13.0. The fraction of sp³-hybridized carbons (Fsp3) is 0.182. The quantitative estimate of drug-likeness (QED) is 0.329. The van der Waals surface area contributed by atoms with Gasteiger partial charge in [0, 0.05) is 38.5 Å². The minimum Gasteiger partial charge on any atom is -0.385 e. The van der Waals surface area contributed by atoms with Gasteiger partial charge in [0.25, 0.3) is 11.5 Å². The first-order valence-electron chi connectivity index (χ1n) is 10.6. The number of amides is 2. The molecule has 5 heterocycles. The topological polar surface area (TPSA) is 147 Å². The molecule has 2 amide bonds. The molecule has 1 aliphatic heterocycles. The molecule has 0 aromatic carbocycles. The Hall–Kier alpha value is -4.74. The van der Waals surface area contributed by atoms with Crippen LogP contribution in [-0.4, -0.2) is 55.6 Å². The number of hydrogen-bond acceptors (Lipinski definition) is 8. The molecule has 5 rings (SSSR count). The highest BCUT2D eigenvalue weighted by Gasteiger charge is 2.25. The predicted octanol–water partition coefficient (Wildman–Crippen LogP) is 0.679. The van der Waals surface area contributed by atoms with E-state index in [4.69, 9.17) is 0 Å². The van der Waals surface area contributed by atoms with Crippen LogP contribution in [0.25, 0.3) is 11.5 Å². The van der Waals surface area contributed by atoms with Crippen molar-refractivity contribution in [1.29, 1.82) is 0 Å². The van der Waals surface area contributed by atoms with Gasteiger partial charge in [-0.05, 0) is 24.3 Å². The number of imidazole rings is 1. The Morgan fingerprint density at radius 3 is 2.76 bits per heavy atom. The van der Waals surface area contributed by atoms with Gasteiger partial charge in [-0.2, -0.15) is 0 Å². The van der Waals surface area contributed by atoms with Gasteiger partial charge in [0.15, 0.2) is 17.2 Å². The van der Waals surface area contributed by atoms with Crippen LogP contribution < -0.4 is 26.8 Å². The van der Waals surface area contributed by atoms with Gasteiger partial charge in [-0.25, -0.2) is 14.5 Å². The summed E-state index contributed by atoms with van der Waals surface area (Å²) in [4.78, 5) is 45.9. The maximum Gasteiger partial charge on any atom is 0.279 e. The minimum absolute atomic E-state index is 0.107. The van der Waals surface area contributed by atoms with Crippen LogP contribution in [0.4, 0.5) is 17.2 Å².